The van der Waals surface area contributed by atoms with Crippen molar-refractivity contribution >= 4 is 5.97 Å². The van der Waals surface area contributed by atoms with Gasteiger partial charge in [-0.05, 0) is 40.5 Å². The molecule has 0 spiro atoms. The Morgan fingerprint density at radius 3 is 2.03 bits per heavy atom. The van der Waals surface area contributed by atoms with E-state index in [0.717, 1.165) is 11.1 Å². The van der Waals surface area contributed by atoms with Gasteiger partial charge in [0.25, 0.3) is 0 Å². The van der Waals surface area contributed by atoms with E-state index in [4.69, 9.17) is 18.9 Å². The summed E-state index contributed by atoms with van der Waals surface area (Å²) in [5.41, 5.74) is 1.33. The first-order valence-electron chi connectivity index (χ1n) is 11.0. The molecule has 2 unspecified atom stereocenters. The summed E-state index contributed by atoms with van der Waals surface area (Å²) in [6.45, 7) is 0. The second-order valence-corrected chi connectivity index (χ2v) is 7.69. The molecular weight excluding hydrogens is 462 g/mol. The van der Waals surface area contributed by atoms with Gasteiger partial charge in [-0.2, -0.15) is 9.97 Å². The van der Waals surface area contributed by atoms with Gasteiger partial charge in [-0.15, -0.1) is 0 Å². The number of rotatable bonds is 10. The average Bonchev–Trinajstić information content (AvgIpc) is 2.94. The molecule has 36 heavy (non-hydrogen) atoms. The summed E-state index contributed by atoms with van der Waals surface area (Å²) < 4.78 is 22.4. The van der Waals surface area contributed by atoms with Crippen LogP contribution in [-0.2, 0) is 15.1 Å². The molecule has 0 saturated carbocycles. The number of carboxylic acid groups (broad SMARTS) is 1. The van der Waals surface area contributed by atoms with Crippen LogP contribution in [0.25, 0.3) is 11.1 Å². The van der Waals surface area contributed by atoms with Crippen LogP contribution in [-0.4, -0.2) is 53.5 Å². The van der Waals surface area contributed by atoms with Gasteiger partial charge in [0.2, 0.25) is 17.9 Å². The van der Waals surface area contributed by atoms with Crippen molar-refractivity contribution in [2.24, 2.45) is 0 Å². The molecule has 0 amide bonds. The molecule has 2 atom stereocenters. The molecule has 4 aromatic rings. The third kappa shape index (κ3) is 4.82. The third-order valence-corrected chi connectivity index (χ3v) is 5.72. The molecule has 2 heterocycles. The van der Waals surface area contributed by atoms with E-state index in [-0.39, 0.29) is 17.8 Å². The third-order valence-electron chi connectivity index (χ3n) is 5.72. The fraction of sp³-hybridized carbons (Fsp3) is 0.185. The van der Waals surface area contributed by atoms with E-state index in [1.54, 1.807) is 42.7 Å². The Labute approximate surface area is 208 Å². The smallest absolute Gasteiger partial charge is 0.348 e. The lowest BCUT2D eigenvalue weighted by molar-refractivity contribution is -0.160. The Bertz CT molecular complexity index is 1300. The Kier molecular flexibility index (Phi) is 7.41. The molecule has 0 aliphatic heterocycles. The van der Waals surface area contributed by atoms with Gasteiger partial charge in [0.15, 0.2) is 5.60 Å². The van der Waals surface area contributed by atoms with Crippen molar-refractivity contribution in [2.45, 2.75) is 11.7 Å². The van der Waals surface area contributed by atoms with Gasteiger partial charge in [-0.3, -0.25) is 4.98 Å². The van der Waals surface area contributed by atoms with Crippen LogP contribution in [0.1, 0.15) is 11.1 Å². The number of aromatic nitrogens is 3. The second-order valence-electron chi connectivity index (χ2n) is 7.69. The number of hydrogen-bond acceptors (Lipinski definition) is 8. The first-order chi connectivity index (χ1) is 17.5. The lowest BCUT2D eigenvalue weighted by Gasteiger charge is -2.38. The van der Waals surface area contributed by atoms with Crippen molar-refractivity contribution < 1.29 is 28.8 Å². The van der Waals surface area contributed by atoms with E-state index >= 15 is 0 Å². The number of methoxy groups -OCH3 is 3. The van der Waals surface area contributed by atoms with Crippen molar-refractivity contribution in [1.82, 2.24) is 15.0 Å². The first-order valence-corrected chi connectivity index (χ1v) is 11.0. The molecule has 0 radical (unpaired) electrons. The monoisotopic (exact) mass is 487 g/mol. The largest absolute Gasteiger partial charge is 0.481 e. The predicted molar refractivity (Wildman–Crippen MR) is 131 cm³/mol. The van der Waals surface area contributed by atoms with Gasteiger partial charge in [0, 0.05) is 19.5 Å². The molecule has 0 aliphatic rings. The van der Waals surface area contributed by atoms with Gasteiger partial charge in [0.05, 0.1) is 20.3 Å². The summed E-state index contributed by atoms with van der Waals surface area (Å²) in [6, 6.07) is 21.4. The molecule has 1 N–H and O–H groups in total. The maximum absolute atomic E-state index is 12.8. The fourth-order valence-corrected chi connectivity index (χ4v) is 4.03. The number of ether oxygens (including phenoxy) is 4. The highest BCUT2D eigenvalue weighted by Crippen LogP contribution is 2.40. The Hall–Kier alpha value is -4.50. The Morgan fingerprint density at radius 2 is 1.44 bits per heavy atom. The molecule has 184 valence electrons. The summed E-state index contributed by atoms with van der Waals surface area (Å²) in [6.07, 6.45) is 1.80. The SMILES string of the molecule is COc1cc(OC)nc(OC(C(=O)O)C(OC)(c2ccccc2)c2cccc(-c3ccncc3)c2)n1. The lowest BCUT2D eigenvalue weighted by atomic mass is 9.80. The van der Waals surface area contributed by atoms with E-state index in [1.807, 2.05) is 36.4 Å². The van der Waals surface area contributed by atoms with Gasteiger partial charge < -0.3 is 24.1 Å². The molecule has 2 aromatic carbocycles. The van der Waals surface area contributed by atoms with Crippen LogP contribution in [0, 0.1) is 0 Å². The molecule has 9 heteroatoms. The van der Waals surface area contributed by atoms with E-state index in [0.29, 0.717) is 11.1 Å². The van der Waals surface area contributed by atoms with Crippen molar-refractivity contribution in [3.8, 4) is 28.9 Å². The molecular formula is C27H25N3O6. The van der Waals surface area contributed by atoms with E-state index in [1.165, 1.54) is 27.4 Å². The number of carbonyl (C=O) groups is 1. The minimum absolute atomic E-state index is 0.156. The topological polar surface area (TPSA) is 113 Å². The predicted octanol–water partition coefficient (Wildman–Crippen LogP) is 3.98. The molecule has 0 aliphatic carbocycles. The summed E-state index contributed by atoms with van der Waals surface area (Å²) in [5, 5.41) is 10.4. The normalized spacial score (nSPS) is 13.3. The van der Waals surface area contributed by atoms with E-state index < -0.39 is 17.7 Å². The lowest BCUT2D eigenvalue weighted by Crippen LogP contribution is -2.50. The number of benzene rings is 2. The van der Waals surface area contributed by atoms with Gasteiger partial charge in [-0.25, -0.2) is 4.79 Å². The number of pyridine rings is 1. The number of aliphatic carboxylic acids is 1. The zero-order valence-electron chi connectivity index (χ0n) is 20.0. The van der Waals surface area contributed by atoms with Crippen LogP contribution in [0.15, 0.2) is 85.2 Å². The highest BCUT2D eigenvalue weighted by Gasteiger charge is 2.49. The zero-order chi connectivity index (χ0) is 25.5. The van der Waals surface area contributed by atoms with Crippen LogP contribution in [0.3, 0.4) is 0 Å². The van der Waals surface area contributed by atoms with Gasteiger partial charge in [-0.1, -0.05) is 48.5 Å². The van der Waals surface area contributed by atoms with Gasteiger partial charge >= 0.3 is 12.0 Å². The molecule has 9 nitrogen and oxygen atoms in total. The van der Waals surface area contributed by atoms with Crippen LogP contribution in [0.2, 0.25) is 0 Å². The Balaban J connectivity index is 1.91. The number of carboxylic acids is 1. The molecule has 0 bridgehead atoms. The highest BCUT2D eigenvalue weighted by molar-refractivity contribution is 5.77. The maximum Gasteiger partial charge on any atom is 0.348 e. The summed E-state index contributed by atoms with van der Waals surface area (Å²) in [7, 11) is 4.29. The van der Waals surface area contributed by atoms with Crippen LogP contribution in [0.5, 0.6) is 17.8 Å². The minimum atomic E-state index is -1.59. The molecule has 0 fully saturated rings. The standard InChI is InChI=1S/C27H25N3O6/c1-33-22-17-23(34-2)30-26(29-22)36-24(25(31)32)27(35-3,20-9-5-4-6-10-20)21-11-7-8-19(16-21)18-12-14-28-15-13-18/h4-17,24H,1-3H3,(H,31,32). The second kappa shape index (κ2) is 10.8. The van der Waals surface area contributed by atoms with Crippen molar-refractivity contribution in [2.75, 3.05) is 21.3 Å². The fourth-order valence-electron chi connectivity index (χ4n) is 4.03. The zero-order valence-corrected chi connectivity index (χ0v) is 20.0. The number of hydrogen-bond donors (Lipinski definition) is 1. The summed E-state index contributed by atoms with van der Waals surface area (Å²) >= 11 is 0. The molecule has 2 aromatic heterocycles. The quantitative estimate of drug-likeness (QED) is 0.355. The maximum atomic E-state index is 12.8. The minimum Gasteiger partial charge on any atom is -0.481 e. The van der Waals surface area contributed by atoms with E-state index in [2.05, 4.69) is 15.0 Å². The van der Waals surface area contributed by atoms with Crippen LogP contribution < -0.4 is 14.2 Å². The van der Waals surface area contributed by atoms with Crippen molar-refractivity contribution in [3.05, 3.63) is 96.3 Å². The number of nitrogens with zero attached hydrogens (tertiary/aromatic N) is 3. The summed E-state index contributed by atoms with van der Waals surface area (Å²) in [4.78, 5) is 25.2. The van der Waals surface area contributed by atoms with Crippen LogP contribution in [0.4, 0.5) is 0 Å². The Morgan fingerprint density at radius 1 is 0.806 bits per heavy atom. The molecule has 0 saturated heterocycles. The first kappa shape index (κ1) is 24.6. The van der Waals surface area contributed by atoms with Crippen molar-refractivity contribution in [1.29, 1.82) is 0 Å². The highest BCUT2D eigenvalue weighted by atomic mass is 16.6. The van der Waals surface area contributed by atoms with Gasteiger partial charge in [0.1, 0.15) is 0 Å². The summed E-state index contributed by atoms with van der Waals surface area (Å²) in [5.74, 6) is -0.966. The van der Waals surface area contributed by atoms with E-state index in [9.17, 15) is 9.90 Å². The molecule has 4 rings (SSSR count). The van der Waals surface area contributed by atoms with Crippen molar-refractivity contribution in [3.63, 3.8) is 0 Å². The van der Waals surface area contributed by atoms with Crippen LogP contribution >= 0.6 is 0 Å². The average molecular weight is 488 g/mol.